The molecule has 0 saturated heterocycles. The average molecular weight is 230 g/mol. The predicted octanol–water partition coefficient (Wildman–Crippen LogP) is 3.71. The molecule has 0 radical (unpaired) electrons. The molecule has 0 aliphatic carbocycles. The van der Waals surface area contributed by atoms with Crippen LogP contribution in [0.15, 0.2) is 24.3 Å². The van der Waals surface area contributed by atoms with Crippen molar-refractivity contribution in [1.82, 2.24) is 0 Å². The van der Waals surface area contributed by atoms with Crippen LogP contribution in [-0.2, 0) is 6.42 Å². The standard InChI is InChI=1S/C15H22N2/c1-11-9-12-7-5-6-8-13(12)17(10-11)14(16)15(2,3)4/h5-8,11,16H,9-10H2,1-4H3. The monoisotopic (exact) mass is 230 g/mol. The molecule has 0 amide bonds. The molecule has 2 rings (SSSR count). The Labute approximate surface area is 104 Å². The highest BCUT2D eigenvalue weighted by Crippen LogP contribution is 2.32. The number of anilines is 1. The molecule has 1 heterocycles. The fourth-order valence-corrected chi connectivity index (χ4v) is 2.41. The Morgan fingerprint density at radius 1 is 1.29 bits per heavy atom. The third-order valence-corrected chi connectivity index (χ3v) is 3.33. The van der Waals surface area contributed by atoms with Crippen LogP contribution in [0.2, 0.25) is 0 Å². The highest BCUT2D eigenvalue weighted by molar-refractivity contribution is 6.00. The molecule has 0 spiro atoms. The minimum absolute atomic E-state index is 0.0931. The van der Waals surface area contributed by atoms with Gasteiger partial charge in [0.2, 0.25) is 0 Å². The number of amidine groups is 1. The van der Waals surface area contributed by atoms with Gasteiger partial charge in [-0.1, -0.05) is 45.9 Å². The fourth-order valence-electron chi connectivity index (χ4n) is 2.41. The van der Waals surface area contributed by atoms with E-state index in [1.54, 1.807) is 0 Å². The van der Waals surface area contributed by atoms with E-state index in [0.29, 0.717) is 5.92 Å². The topological polar surface area (TPSA) is 27.1 Å². The van der Waals surface area contributed by atoms with Crippen LogP contribution in [-0.4, -0.2) is 12.4 Å². The maximum atomic E-state index is 8.38. The van der Waals surface area contributed by atoms with Gasteiger partial charge in [-0.3, -0.25) is 5.41 Å². The molecular weight excluding hydrogens is 208 g/mol. The lowest BCUT2D eigenvalue weighted by Gasteiger charge is -2.39. The van der Waals surface area contributed by atoms with Crippen LogP contribution in [0.1, 0.15) is 33.3 Å². The molecule has 0 aromatic heterocycles. The molecule has 2 nitrogen and oxygen atoms in total. The van der Waals surface area contributed by atoms with Crippen LogP contribution in [0.3, 0.4) is 0 Å². The van der Waals surface area contributed by atoms with E-state index in [-0.39, 0.29) is 5.41 Å². The molecule has 2 heteroatoms. The maximum Gasteiger partial charge on any atom is 0.106 e. The summed E-state index contributed by atoms with van der Waals surface area (Å²) in [7, 11) is 0. The number of benzene rings is 1. The van der Waals surface area contributed by atoms with E-state index in [2.05, 4.69) is 56.9 Å². The smallest absolute Gasteiger partial charge is 0.106 e. The summed E-state index contributed by atoms with van der Waals surface area (Å²) >= 11 is 0. The van der Waals surface area contributed by atoms with E-state index in [1.807, 2.05) is 0 Å². The van der Waals surface area contributed by atoms with Crippen molar-refractivity contribution < 1.29 is 0 Å². The summed E-state index contributed by atoms with van der Waals surface area (Å²) in [6.07, 6.45) is 1.13. The van der Waals surface area contributed by atoms with Crippen molar-refractivity contribution in [3.8, 4) is 0 Å². The molecule has 0 fully saturated rings. The van der Waals surface area contributed by atoms with Gasteiger partial charge in [0.05, 0.1) is 0 Å². The van der Waals surface area contributed by atoms with Gasteiger partial charge in [-0.25, -0.2) is 0 Å². The molecule has 1 unspecified atom stereocenters. The Balaban J connectivity index is 2.40. The summed E-state index contributed by atoms with van der Waals surface area (Å²) in [4.78, 5) is 2.18. The molecular formula is C15H22N2. The zero-order chi connectivity index (χ0) is 12.6. The maximum absolute atomic E-state index is 8.38. The molecule has 1 aliphatic rings. The number of nitrogens with zero attached hydrogens (tertiary/aromatic N) is 1. The summed E-state index contributed by atoms with van der Waals surface area (Å²) in [5, 5.41) is 8.38. The predicted molar refractivity (Wildman–Crippen MR) is 73.8 cm³/mol. The second kappa shape index (κ2) is 4.17. The number of hydrogen-bond acceptors (Lipinski definition) is 1. The van der Waals surface area contributed by atoms with Gasteiger partial charge in [0.25, 0.3) is 0 Å². The fraction of sp³-hybridized carbons (Fsp3) is 0.533. The first kappa shape index (κ1) is 12.2. The molecule has 1 aliphatic heterocycles. The van der Waals surface area contributed by atoms with Gasteiger partial charge in [-0.15, -0.1) is 0 Å². The molecule has 1 aromatic carbocycles. The lowest BCUT2D eigenvalue weighted by atomic mass is 9.89. The number of nitrogens with one attached hydrogen (secondary N) is 1. The van der Waals surface area contributed by atoms with Crippen LogP contribution < -0.4 is 4.90 Å². The minimum atomic E-state index is -0.0931. The van der Waals surface area contributed by atoms with Crippen LogP contribution in [0, 0.1) is 16.7 Å². The largest absolute Gasteiger partial charge is 0.329 e. The van der Waals surface area contributed by atoms with Crippen LogP contribution in [0.25, 0.3) is 0 Å². The van der Waals surface area contributed by atoms with Gasteiger partial charge in [0.1, 0.15) is 5.84 Å². The van der Waals surface area contributed by atoms with Gasteiger partial charge in [-0.2, -0.15) is 0 Å². The zero-order valence-electron chi connectivity index (χ0n) is 11.2. The van der Waals surface area contributed by atoms with E-state index in [1.165, 1.54) is 11.3 Å². The highest BCUT2D eigenvalue weighted by atomic mass is 15.2. The number of hydrogen-bond donors (Lipinski definition) is 1. The van der Waals surface area contributed by atoms with Crippen LogP contribution in [0.4, 0.5) is 5.69 Å². The van der Waals surface area contributed by atoms with Crippen molar-refractivity contribution in [2.24, 2.45) is 11.3 Å². The Kier molecular flexibility index (Phi) is 2.98. The highest BCUT2D eigenvalue weighted by Gasteiger charge is 2.29. The third-order valence-electron chi connectivity index (χ3n) is 3.33. The van der Waals surface area contributed by atoms with Crippen molar-refractivity contribution in [2.45, 2.75) is 34.1 Å². The van der Waals surface area contributed by atoms with Gasteiger partial charge < -0.3 is 4.90 Å². The third kappa shape index (κ3) is 2.36. The van der Waals surface area contributed by atoms with E-state index in [9.17, 15) is 0 Å². The molecule has 1 atom stereocenters. The van der Waals surface area contributed by atoms with Crippen molar-refractivity contribution >= 4 is 11.5 Å². The van der Waals surface area contributed by atoms with Crippen molar-refractivity contribution in [3.05, 3.63) is 29.8 Å². The Morgan fingerprint density at radius 3 is 2.59 bits per heavy atom. The van der Waals surface area contributed by atoms with E-state index < -0.39 is 0 Å². The summed E-state index contributed by atoms with van der Waals surface area (Å²) in [5.74, 6) is 1.34. The molecule has 92 valence electrons. The van der Waals surface area contributed by atoms with E-state index >= 15 is 0 Å². The lowest BCUT2D eigenvalue weighted by molar-refractivity contribution is 0.528. The first-order valence-corrected chi connectivity index (χ1v) is 6.34. The second-order valence-corrected chi connectivity index (χ2v) is 6.15. The summed E-state index contributed by atoms with van der Waals surface area (Å²) in [6, 6.07) is 8.49. The first-order valence-electron chi connectivity index (χ1n) is 6.34. The molecule has 0 bridgehead atoms. The Hall–Kier alpha value is -1.31. The van der Waals surface area contributed by atoms with Crippen molar-refractivity contribution in [2.75, 3.05) is 11.4 Å². The Morgan fingerprint density at radius 2 is 1.94 bits per heavy atom. The normalized spacial score (nSPS) is 20.0. The summed E-state index contributed by atoms with van der Waals surface area (Å²) in [5.41, 5.74) is 2.51. The quantitative estimate of drug-likeness (QED) is 0.534. The SMILES string of the molecule is CC1Cc2ccccc2N(C(=N)C(C)(C)C)C1. The van der Waals surface area contributed by atoms with Crippen LogP contribution in [0.5, 0.6) is 0 Å². The zero-order valence-corrected chi connectivity index (χ0v) is 11.2. The molecule has 1 N–H and O–H groups in total. The first-order chi connectivity index (χ1) is 7.89. The number of fused-ring (bicyclic) bond motifs is 1. The van der Waals surface area contributed by atoms with E-state index in [4.69, 9.17) is 5.41 Å². The lowest BCUT2D eigenvalue weighted by Crippen LogP contribution is -2.44. The van der Waals surface area contributed by atoms with Gasteiger partial charge in [0.15, 0.2) is 0 Å². The van der Waals surface area contributed by atoms with Gasteiger partial charge in [0, 0.05) is 17.6 Å². The van der Waals surface area contributed by atoms with Gasteiger partial charge in [-0.05, 0) is 24.0 Å². The Bertz CT molecular complexity index is 429. The summed E-state index contributed by atoms with van der Waals surface area (Å²) in [6.45, 7) is 9.55. The number of rotatable bonds is 0. The molecule has 17 heavy (non-hydrogen) atoms. The van der Waals surface area contributed by atoms with Crippen molar-refractivity contribution in [1.29, 1.82) is 5.41 Å². The molecule has 1 aromatic rings. The minimum Gasteiger partial charge on any atom is -0.329 e. The van der Waals surface area contributed by atoms with Crippen molar-refractivity contribution in [3.63, 3.8) is 0 Å². The number of para-hydroxylation sites is 1. The molecule has 0 saturated carbocycles. The van der Waals surface area contributed by atoms with E-state index in [0.717, 1.165) is 18.8 Å². The average Bonchev–Trinajstić information content (AvgIpc) is 2.25. The summed E-state index contributed by atoms with van der Waals surface area (Å²) < 4.78 is 0. The van der Waals surface area contributed by atoms with Crippen LogP contribution >= 0.6 is 0 Å². The van der Waals surface area contributed by atoms with Gasteiger partial charge >= 0.3 is 0 Å². The second-order valence-electron chi connectivity index (χ2n) is 6.15.